The standard InChI is InChI=1S/C16H22N2O3/c1-2-20-15-5-3-4-12(17-15)10-14(19)18-13-8-9-21-16(13)11-6-7-11/h3-5,11,13,16H,2,6-10H2,1H3,(H,18,19)/t13-,16+/m1/s1. The third-order valence-corrected chi connectivity index (χ3v) is 3.98. The van der Waals surface area contributed by atoms with Crippen LogP contribution < -0.4 is 10.1 Å². The molecule has 1 saturated heterocycles. The molecule has 2 atom stereocenters. The summed E-state index contributed by atoms with van der Waals surface area (Å²) in [4.78, 5) is 16.5. The lowest BCUT2D eigenvalue weighted by Gasteiger charge is -2.19. The van der Waals surface area contributed by atoms with Crippen LogP contribution in [0.5, 0.6) is 5.88 Å². The van der Waals surface area contributed by atoms with Crippen LogP contribution in [0.25, 0.3) is 0 Å². The van der Waals surface area contributed by atoms with Crippen LogP contribution in [0.4, 0.5) is 0 Å². The lowest BCUT2D eigenvalue weighted by molar-refractivity contribution is -0.121. The summed E-state index contributed by atoms with van der Waals surface area (Å²) in [7, 11) is 0. The van der Waals surface area contributed by atoms with Gasteiger partial charge in [0.2, 0.25) is 11.8 Å². The molecule has 1 aromatic heterocycles. The lowest BCUT2D eigenvalue weighted by atomic mass is 10.1. The van der Waals surface area contributed by atoms with Crippen LogP contribution in [0, 0.1) is 5.92 Å². The molecule has 0 spiro atoms. The van der Waals surface area contributed by atoms with E-state index in [2.05, 4.69) is 10.3 Å². The fourth-order valence-corrected chi connectivity index (χ4v) is 2.86. The van der Waals surface area contributed by atoms with Gasteiger partial charge in [-0.25, -0.2) is 4.98 Å². The average molecular weight is 290 g/mol. The van der Waals surface area contributed by atoms with Crippen LogP contribution in [0.2, 0.25) is 0 Å². The Labute approximate surface area is 125 Å². The Balaban J connectivity index is 1.54. The van der Waals surface area contributed by atoms with Crippen molar-refractivity contribution in [2.75, 3.05) is 13.2 Å². The molecular weight excluding hydrogens is 268 g/mol. The Hall–Kier alpha value is -1.62. The molecule has 1 N–H and O–H groups in total. The number of hydrogen-bond acceptors (Lipinski definition) is 4. The molecule has 1 aliphatic carbocycles. The molecule has 0 unspecified atom stereocenters. The molecule has 0 aromatic carbocycles. The second-order valence-corrected chi connectivity index (χ2v) is 5.71. The summed E-state index contributed by atoms with van der Waals surface area (Å²) in [5, 5.41) is 3.11. The van der Waals surface area contributed by atoms with Crippen molar-refractivity contribution < 1.29 is 14.3 Å². The van der Waals surface area contributed by atoms with Crippen molar-refractivity contribution in [1.29, 1.82) is 0 Å². The van der Waals surface area contributed by atoms with E-state index in [1.165, 1.54) is 12.8 Å². The number of nitrogens with one attached hydrogen (secondary N) is 1. The monoisotopic (exact) mass is 290 g/mol. The third-order valence-electron chi connectivity index (χ3n) is 3.98. The molecule has 21 heavy (non-hydrogen) atoms. The van der Waals surface area contributed by atoms with Crippen molar-refractivity contribution in [3.05, 3.63) is 23.9 Å². The number of ether oxygens (including phenoxy) is 2. The largest absolute Gasteiger partial charge is 0.478 e. The van der Waals surface area contributed by atoms with Gasteiger partial charge in [0.25, 0.3) is 0 Å². The Morgan fingerprint density at radius 1 is 1.43 bits per heavy atom. The predicted molar refractivity (Wildman–Crippen MR) is 78.1 cm³/mol. The molecular formula is C16H22N2O3. The topological polar surface area (TPSA) is 60.5 Å². The molecule has 0 bridgehead atoms. The van der Waals surface area contributed by atoms with Crippen molar-refractivity contribution in [1.82, 2.24) is 10.3 Å². The summed E-state index contributed by atoms with van der Waals surface area (Å²) in [6.45, 7) is 3.24. The summed E-state index contributed by atoms with van der Waals surface area (Å²) < 4.78 is 11.1. The molecule has 1 aliphatic heterocycles. The number of carbonyl (C=O) groups excluding carboxylic acids is 1. The summed E-state index contributed by atoms with van der Waals surface area (Å²) in [6.07, 6.45) is 3.88. The quantitative estimate of drug-likeness (QED) is 0.866. The molecule has 1 aromatic rings. The first-order valence-electron chi connectivity index (χ1n) is 7.76. The van der Waals surface area contributed by atoms with Gasteiger partial charge in [-0.3, -0.25) is 4.79 Å². The highest BCUT2D eigenvalue weighted by molar-refractivity contribution is 5.78. The molecule has 1 amide bonds. The Morgan fingerprint density at radius 3 is 3.05 bits per heavy atom. The number of pyridine rings is 1. The maximum absolute atomic E-state index is 12.2. The first-order chi connectivity index (χ1) is 10.3. The van der Waals surface area contributed by atoms with E-state index >= 15 is 0 Å². The highest BCUT2D eigenvalue weighted by atomic mass is 16.5. The minimum atomic E-state index is 0.0114. The van der Waals surface area contributed by atoms with Crippen molar-refractivity contribution in [3.63, 3.8) is 0 Å². The summed E-state index contributed by atoms with van der Waals surface area (Å²) >= 11 is 0. The van der Waals surface area contributed by atoms with Crippen molar-refractivity contribution in [2.24, 2.45) is 5.92 Å². The van der Waals surface area contributed by atoms with E-state index in [9.17, 15) is 4.79 Å². The van der Waals surface area contributed by atoms with Gasteiger partial charge in [0.15, 0.2) is 0 Å². The molecule has 0 radical (unpaired) electrons. The van der Waals surface area contributed by atoms with E-state index in [-0.39, 0.29) is 24.5 Å². The third kappa shape index (κ3) is 3.73. The van der Waals surface area contributed by atoms with Gasteiger partial charge >= 0.3 is 0 Å². The number of carbonyl (C=O) groups is 1. The highest BCUT2D eigenvalue weighted by Crippen LogP contribution is 2.38. The molecule has 1 saturated carbocycles. The van der Waals surface area contributed by atoms with Crippen LogP contribution in [0.3, 0.4) is 0 Å². The Kier molecular flexibility index (Phi) is 4.39. The molecule has 5 heteroatoms. The number of nitrogens with zero attached hydrogens (tertiary/aromatic N) is 1. The van der Waals surface area contributed by atoms with Gasteiger partial charge in [0, 0.05) is 12.7 Å². The summed E-state index contributed by atoms with van der Waals surface area (Å²) in [5.74, 6) is 1.23. The number of hydrogen-bond donors (Lipinski definition) is 1. The van der Waals surface area contributed by atoms with Gasteiger partial charge in [0.05, 0.1) is 30.9 Å². The molecule has 2 aliphatic rings. The zero-order valence-corrected chi connectivity index (χ0v) is 12.4. The van der Waals surface area contributed by atoms with Crippen molar-refractivity contribution in [3.8, 4) is 5.88 Å². The highest BCUT2D eigenvalue weighted by Gasteiger charge is 2.41. The average Bonchev–Trinajstić information content (AvgIpc) is 3.20. The molecule has 3 rings (SSSR count). The maximum atomic E-state index is 12.2. The van der Waals surface area contributed by atoms with Crippen LogP contribution >= 0.6 is 0 Å². The first kappa shape index (κ1) is 14.3. The van der Waals surface area contributed by atoms with Gasteiger partial charge in [-0.1, -0.05) is 6.07 Å². The minimum Gasteiger partial charge on any atom is -0.478 e. The lowest BCUT2D eigenvalue weighted by Crippen LogP contribution is -2.42. The van der Waals surface area contributed by atoms with E-state index in [1.54, 1.807) is 6.07 Å². The van der Waals surface area contributed by atoms with E-state index < -0.39 is 0 Å². The van der Waals surface area contributed by atoms with Gasteiger partial charge < -0.3 is 14.8 Å². The van der Waals surface area contributed by atoms with Crippen LogP contribution in [0.15, 0.2) is 18.2 Å². The SMILES string of the molecule is CCOc1cccc(CC(=O)N[C@@H]2CCO[C@H]2C2CC2)n1. The molecule has 5 nitrogen and oxygen atoms in total. The number of aromatic nitrogens is 1. The Morgan fingerprint density at radius 2 is 2.29 bits per heavy atom. The zero-order chi connectivity index (χ0) is 14.7. The van der Waals surface area contributed by atoms with Crippen LogP contribution in [0.1, 0.15) is 31.9 Å². The van der Waals surface area contributed by atoms with Crippen LogP contribution in [-0.4, -0.2) is 36.3 Å². The van der Waals surface area contributed by atoms with E-state index in [0.29, 0.717) is 18.4 Å². The second kappa shape index (κ2) is 6.43. The van der Waals surface area contributed by atoms with Gasteiger partial charge in [-0.15, -0.1) is 0 Å². The predicted octanol–water partition coefficient (Wildman–Crippen LogP) is 1.71. The van der Waals surface area contributed by atoms with Crippen LogP contribution in [-0.2, 0) is 16.0 Å². The van der Waals surface area contributed by atoms with E-state index in [1.807, 2.05) is 19.1 Å². The van der Waals surface area contributed by atoms with Gasteiger partial charge in [-0.2, -0.15) is 0 Å². The molecule has 2 fully saturated rings. The Bertz CT molecular complexity index is 502. The normalized spacial score (nSPS) is 24.8. The first-order valence-corrected chi connectivity index (χ1v) is 7.76. The number of amides is 1. The van der Waals surface area contributed by atoms with Crippen molar-refractivity contribution >= 4 is 5.91 Å². The van der Waals surface area contributed by atoms with E-state index in [4.69, 9.17) is 9.47 Å². The fraction of sp³-hybridized carbons (Fsp3) is 0.625. The fourth-order valence-electron chi connectivity index (χ4n) is 2.86. The molecule has 114 valence electrons. The summed E-state index contributed by atoms with van der Waals surface area (Å²) in [6, 6.07) is 5.69. The summed E-state index contributed by atoms with van der Waals surface area (Å²) in [5.41, 5.74) is 0.736. The van der Waals surface area contributed by atoms with E-state index in [0.717, 1.165) is 18.7 Å². The van der Waals surface area contributed by atoms with Crippen molar-refractivity contribution in [2.45, 2.75) is 44.8 Å². The molecule has 2 heterocycles. The number of rotatable bonds is 6. The van der Waals surface area contributed by atoms with Gasteiger partial charge in [0.1, 0.15) is 0 Å². The zero-order valence-electron chi connectivity index (χ0n) is 12.4. The second-order valence-electron chi connectivity index (χ2n) is 5.71. The maximum Gasteiger partial charge on any atom is 0.226 e. The smallest absolute Gasteiger partial charge is 0.226 e. The van der Waals surface area contributed by atoms with Gasteiger partial charge in [-0.05, 0) is 38.2 Å². The minimum absolute atomic E-state index is 0.0114.